The van der Waals surface area contributed by atoms with Gasteiger partial charge in [0, 0.05) is 16.9 Å². The highest BCUT2D eigenvalue weighted by Crippen LogP contribution is 2.33. The maximum Gasteiger partial charge on any atom is 0.307 e. The molecule has 4 heteroatoms. The first kappa shape index (κ1) is 11.6. The minimum Gasteiger partial charge on any atom is -0.481 e. The van der Waals surface area contributed by atoms with E-state index < -0.39 is 5.97 Å². The standard InChI is InChI=1S/C12H14BrNO2/c13-11-4-2-1-3-8(11)10-7-14-6-5-9(10)12(15)16/h1-4,9-10,14H,5-7H2,(H,15,16). The van der Waals surface area contributed by atoms with E-state index in [4.69, 9.17) is 0 Å². The van der Waals surface area contributed by atoms with Crippen LogP contribution in [0.25, 0.3) is 0 Å². The second-order valence-electron chi connectivity index (χ2n) is 4.07. The van der Waals surface area contributed by atoms with Crippen LogP contribution in [0.5, 0.6) is 0 Å². The van der Waals surface area contributed by atoms with Crippen LogP contribution < -0.4 is 5.32 Å². The lowest BCUT2D eigenvalue weighted by molar-refractivity contribution is -0.143. The van der Waals surface area contributed by atoms with E-state index in [9.17, 15) is 9.90 Å². The Morgan fingerprint density at radius 3 is 2.88 bits per heavy atom. The molecule has 0 bridgehead atoms. The summed E-state index contributed by atoms with van der Waals surface area (Å²) in [6.45, 7) is 1.53. The Morgan fingerprint density at radius 2 is 2.19 bits per heavy atom. The molecule has 1 aromatic rings. The molecule has 86 valence electrons. The fourth-order valence-electron chi connectivity index (χ4n) is 2.26. The molecule has 0 saturated carbocycles. The number of carbonyl (C=O) groups is 1. The van der Waals surface area contributed by atoms with Gasteiger partial charge in [0.1, 0.15) is 0 Å². The summed E-state index contributed by atoms with van der Waals surface area (Å²) in [7, 11) is 0. The lowest BCUT2D eigenvalue weighted by atomic mass is 9.81. The van der Waals surface area contributed by atoms with E-state index in [1.807, 2.05) is 24.3 Å². The van der Waals surface area contributed by atoms with Crippen LogP contribution in [-0.2, 0) is 4.79 Å². The van der Waals surface area contributed by atoms with Gasteiger partial charge in [-0.2, -0.15) is 0 Å². The van der Waals surface area contributed by atoms with Crippen molar-refractivity contribution < 1.29 is 9.90 Å². The monoisotopic (exact) mass is 283 g/mol. The minimum atomic E-state index is -0.692. The molecule has 1 aliphatic heterocycles. The maximum absolute atomic E-state index is 11.2. The van der Waals surface area contributed by atoms with Gasteiger partial charge < -0.3 is 10.4 Å². The number of aliphatic carboxylic acids is 1. The van der Waals surface area contributed by atoms with E-state index >= 15 is 0 Å². The summed E-state index contributed by atoms with van der Waals surface area (Å²) in [5, 5.41) is 12.5. The van der Waals surface area contributed by atoms with Crippen LogP contribution in [0.1, 0.15) is 17.9 Å². The number of carboxylic acid groups (broad SMARTS) is 1. The predicted octanol–water partition coefficient (Wildman–Crippen LogP) is 2.23. The number of carboxylic acids is 1. The van der Waals surface area contributed by atoms with Gasteiger partial charge in [-0.05, 0) is 24.6 Å². The Balaban J connectivity index is 2.30. The summed E-state index contributed by atoms with van der Waals surface area (Å²) in [4.78, 5) is 11.2. The van der Waals surface area contributed by atoms with Crippen molar-refractivity contribution in [3.63, 3.8) is 0 Å². The Labute approximate surface area is 103 Å². The van der Waals surface area contributed by atoms with Crippen LogP contribution in [0.3, 0.4) is 0 Å². The van der Waals surface area contributed by atoms with E-state index in [0.717, 1.165) is 23.1 Å². The fourth-order valence-corrected chi connectivity index (χ4v) is 2.84. The lowest BCUT2D eigenvalue weighted by Crippen LogP contribution is -2.38. The molecule has 2 rings (SSSR count). The van der Waals surface area contributed by atoms with Gasteiger partial charge in [-0.25, -0.2) is 0 Å². The van der Waals surface area contributed by atoms with Crippen LogP contribution in [0.4, 0.5) is 0 Å². The van der Waals surface area contributed by atoms with Crippen molar-refractivity contribution in [2.45, 2.75) is 12.3 Å². The number of benzene rings is 1. The zero-order chi connectivity index (χ0) is 11.5. The van der Waals surface area contributed by atoms with Crippen molar-refractivity contribution in [3.8, 4) is 0 Å². The normalized spacial score (nSPS) is 25.3. The van der Waals surface area contributed by atoms with Crippen molar-refractivity contribution in [3.05, 3.63) is 34.3 Å². The number of hydrogen-bond donors (Lipinski definition) is 2. The zero-order valence-electron chi connectivity index (χ0n) is 8.82. The molecule has 0 amide bonds. The summed E-state index contributed by atoms with van der Waals surface area (Å²) < 4.78 is 0.995. The molecule has 3 nitrogen and oxygen atoms in total. The van der Waals surface area contributed by atoms with Crippen LogP contribution in [0, 0.1) is 5.92 Å². The van der Waals surface area contributed by atoms with Gasteiger partial charge in [-0.3, -0.25) is 4.79 Å². The quantitative estimate of drug-likeness (QED) is 0.875. The molecule has 1 fully saturated rings. The topological polar surface area (TPSA) is 49.3 Å². The molecule has 0 radical (unpaired) electrons. The van der Waals surface area contributed by atoms with Crippen molar-refractivity contribution in [2.75, 3.05) is 13.1 Å². The number of hydrogen-bond acceptors (Lipinski definition) is 2. The number of piperidine rings is 1. The van der Waals surface area contributed by atoms with Crippen LogP contribution in [-0.4, -0.2) is 24.2 Å². The third-order valence-corrected chi connectivity index (χ3v) is 3.83. The molecule has 16 heavy (non-hydrogen) atoms. The highest BCUT2D eigenvalue weighted by molar-refractivity contribution is 9.10. The molecule has 1 aliphatic rings. The molecule has 0 aliphatic carbocycles. The highest BCUT2D eigenvalue weighted by Gasteiger charge is 2.32. The Kier molecular flexibility index (Phi) is 3.61. The first-order valence-electron chi connectivity index (χ1n) is 5.38. The van der Waals surface area contributed by atoms with E-state index in [0.29, 0.717) is 6.42 Å². The predicted molar refractivity (Wildman–Crippen MR) is 65.5 cm³/mol. The summed E-state index contributed by atoms with van der Waals surface area (Å²) >= 11 is 3.49. The van der Waals surface area contributed by atoms with E-state index in [1.54, 1.807) is 0 Å². The molecule has 2 N–H and O–H groups in total. The van der Waals surface area contributed by atoms with Gasteiger partial charge in [-0.1, -0.05) is 34.1 Å². The molecule has 0 spiro atoms. The molecule has 1 saturated heterocycles. The maximum atomic E-state index is 11.2. The van der Waals surface area contributed by atoms with Gasteiger partial charge >= 0.3 is 5.97 Å². The van der Waals surface area contributed by atoms with Crippen LogP contribution >= 0.6 is 15.9 Å². The van der Waals surface area contributed by atoms with Crippen LogP contribution in [0.15, 0.2) is 28.7 Å². The number of nitrogens with one attached hydrogen (secondary N) is 1. The molecule has 1 aromatic carbocycles. The molecule has 0 aromatic heterocycles. The summed E-state index contributed by atoms with van der Waals surface area (Å²) in [5.41, 5.74) is 1.09. The Morgan fingerprint density at radius 1 is 1.44 bits per heavy atom. The SMILES string of the molecule is O=C(O)C1CCNCC1c1ccccc1Br. The first-order chi connectivity index (χ1) is 7.70. The smallest absolute Gasteiger partial charge is 0.307 e. The second kappa shape index (κ2) is 4.97. The van der Waals surface area contributed by atoms with Crippen molar-refractivity contribution in [2.24, 2.45) is 5.92 Å². The van der Waals surface area contributed by atoms with Crippen molar-refractivity contribution in [1.29, 1.82) is 0 Å². The van der Waals surface area contributed by atoms with E-state index in [2.05, 4.69) is 21.2 Å². The third-order valence-electron chi connectivity index (χ3n) is 3.10. The average molecular weight is 284 g/mol. The van der Waals surface area contributed by atoms with Gasteiger partial charge in [0.25, 0.3) is 0 Å². The van der Waals surface area contributed by atoms with Crippen molar-refractivity contribution >= 4 is 21.9 Å². The zero-order valence-corrected chi connectivity index (χ0v) is 10.4. The van der Waals surface area contributed by atoms with Crippen molar-refractivity contribution in [1.82, 2.24) is 5.32 Å². The molecular formula is C12H14BrNO2. The van der Waals surface area contributed by atoms with Gasteiger partial charge in [0.05, 0.1) is 5.92 Å². The fraction of sp³-hybridized carbons (Fsp3) is 0.417. The molecular weight excluding hydrogens is 270 g/mol. The highest BCUT2D eigenvalue weighted by atomic mass is 79.9. The van der Waals surface area contributed by atoms with Gasteiger partial charge in [-0.15, -0.1) is 0 Å². The minimum absolute atomic E-state index is 0.0572. The van der Waals surface area contributed by atoms with E-state index in [1.165, 1.54) is 0 Å². The third kappa shape index (κ3) is 2.28. The second-order valence-corrected chi connectivity index (χ2v) is 4.92. The summed E-state index contributed by atoms with van der Waals surface area (Å²) in [6.07, 6.45) is 0.696. The first-order valence-corrected chi connectivity index (χ1v) is 6.17. The summed E-state index contributed by atoms with van der Waals surface area (Å²) in [5.74, 6) is -0.913. The number of rotatable bonds is 2. The van der Waals surface area contributed by atoms with Gasteiger partial charge in [0.2, 0.25) is 0 Å². The van der Waals surface area contributed by atoms with Crippen LogP contribution in [0.2, 0.25) is 0 Å². The summed E-state index contributed by atoms with van der Waals surface area (Å²) in [6, 6.07) is 7.85. The number of halogens is 1. The average Bonchev–Trinajstić information content (AvgIpc) is 2.29. The largest absolute Gasteiger partial charge is 0.481 e. The Bertz CT molecular complexity index is 394. The Hall–Kier alpha value is -0.870. The molecule has 2 atom stereocenters. The molecule has 1 heterocycles. The van der Waals surface area contributed by atoms with E-state index in [-0.39, 0.29) is 11.8 Å². The lowest BCUT2D eigenvalue weighted by Gasteiger charge is -2.30. The van der Waals surface area contributed by atoms with Gasteiger partial charge in [0.15, 0.2) is 0 Å². The molecule has 2 unspecified atom stereocenters.